The Balaban J connectivity index is 4.34. The molecule has 79 heavy (non-hydrogen) atoms. The van der Waals surface area contributed by atoms with Crippen LogP contribution in [0.1, 0.15) is 380 Å². The van der Waals surface area contributed by atoms with E-state index in [4.69, 9.17) is 14.2 Å². The highest BCUT2D eigenvalue weighted by Crippen LogP contribution is 2.18. The Kier molecular flexibility index (Phi) is 65.6. The molecule has 0 N–H and O–H groups in total. The largest absolute Gasteiger partial charge is 0.462 e. The highest BCUT2D eigenvalue weighted by Gasteiger charge is 2.19. The van der Waals surface area contributed by atoms with E-state index in [0.29, 0.717) is 19.3 Å². The molecule has 0 amide bonds. The maximum atomic E-state index is 13.0. The first-order valence-electron chi connectivity index (χ1n) is 35.1. The van der Waals surface area contributed by atoms with Gasteiger partial charge in [0, 0.05) is 19.3 Å². The van der Waals surface area contributed by atoms with Crippen LogP contribution in [0.4, 0.5) is 0 Å². The topological polar surface area (TPSA) is 78.9 Å². The quantitative estimate of drug-likeness (QED) is 0.0261. The van der Waals surface area contributed by atoms with Crippen molar-refractivity contribution >= 4 is 17.9 Å². The van der Waals surface area contributed by atoms with Gasteiger partial charge in [0.05, 0.1) is 0 Å². The monoisotopic (exact) mass is 1110 g/mol. The Morgan fingerprint density at radius 2 is 0.456 bits per heavy atom. The smallest absolute Gasteiger partial charge is 0.306 e. The molecule has 0 aliphatic carbocycles. The summed E-state index contributed by atoms with van der Waals surface area (Å²) in [7, 11) is 0. The van der Waals surface area contributed by atoms with Crippen LogP contribution in [0.5, 0.6) is 0 Å². The van der Waals surface area contributed by atoms with Crippen molar-refractivity contribution in [2.75, 3.05) is 13.2 Å². The molecule has 0 heterocycles. The van der Waals surface area contributed by atoms with Crippen molar-refractivity contribution in [2.24, 2.45) is 0 Å². The van der Waals surface area contributed by atoms with E-state index in [1.807, 2.05) is 0 Å². The van der Waals surface area contributed by atoms with Gasteiger partial charge in [-0.15, -0.1) is 0 Å². The molecule has 0 aromatic carbocycles. The molecule has 0 spiro atoms. The zero-order chi connectivity index (χ0) is 57.1. The molecule has 0 bridgehead atoms. The second-order valence-corrected chi connectivity index (χ2v) is 23.8. The molecule has 0 saturated heterocycles. The van der Waals surface area contributed by atoms with Crippen molar-refractivity contribution in [1.29, 1.82) is 0 Å². The molecule has 0 aromatic rings. The second-order valence-electron chi connectivity index (χ2n) is 23.8. The number of carbonyl (C=O) groups is 3. The first-order chi connectivity index (χ1) is 39.0. The lowest BCUT2D eigenvalue weighted by Crippen LogP contribution is -2.30. The summed E-state index contributed by atoms with van der Waals surface area (Å²) in [5.74, 6) is -0.854. The number of allylic oxidation sites excluding steroid dienone is 8. The van der Waals surface area contributed by atoms with E-state index in [-0.39, 0.29) is 31.1 Å². The van der Waals surface area contributed by atoms with Gasteiger partial charge in [0.2, 0.25) is 0 Å². The van der Waals surface area contributed by atoms with Crippen molar-refractivity contribution in [2.45, 2.75) is 386 Å². The fourth-order valence-corrected chi connectivity index (χ4v) is 10.5. The van der Waals surface area contributed by atoms with Crippen molar-refractivity contribution in [1.82, 2.24) is 0 Å². The number of ether oxygens (including phenoxy) is 3. The predicted octanol–water partition coefficient (Wildman–Crippen LogP) is 24.1. The maximum absolute atomic E-state index is 13.0. The number of hydrogen-bond acceptors (Lipinski definition) is 6. The van der Waals surface area contributed by atoms with Crippen LogP contribution in [0.25, 0.3) is 0 Å². The molecule has 0 radical (unpaired) electrons. The van der Waals surface area contributed by atoms with Gasteiger partial charge in [-0.1, -0.05) is 326 Å². The summed E-state index contributed by atoms with van der Waals surface area (Å²) in [5, 5.41) is 0. The fraction of sp³-hybridized carbons (Fsp3) is 0.849. The maximum Gasteiger partial charge on any atom is 0.306 e. The van der Waals surface area contributed by atoms with E-state index in [2.05, 4.69) is 69.4 Å². The first kappa shape index (κ1) is 76.4. The zero-order valence-electron chi connectivity index (χ0n) is 53.2. The van der Waals surface area contributed by atoms with E-state index in [0.717, 1.165) is 77.0 Å². The Bertz CT molecular complexity index is 1360. The lowest BCUT2D eigenvalue weighted by Gasteiger charge is -2.18. The molecular formula is C73H134O6. The fourth-order valence-electron chi connectivity index (χ4n) is 10.5. The van der Waals surface area contributed by atoms with Gasteiger partial charge in [-0.25, -0.2) is 0 Å². The molecule has 0 saturated carbocycles. The molecule has 462 valence electrons. The molecular weight excluding hydrogens is 973 g/mol. The number of carbonyl (C=O) groups excluding carboxylic acids is 3. The molecule has 0 aliphatic heterocycles. The van der Waals surface area contributed by atoms with Gasteiger partial charge < -0.3 is 14.2 Å². The van der Waals surface area contributed by atoms with Gasteiger partial charge in [-0.2, -0.15) is 0 Å². The van der Waals surface area contributed by atoms with Crippen molar-refractivity contribution < 1.29 is 28.6 Å². The summed E-state index contributed by atoms with van der Waals surface area (Å²) < 4.78 is 17.0. The van der Waals surface area contributed by atoms with Gasteiger partial charge in [0.1, 0.15) is 13.2 Å². The molecule has 0 fully saturated rings. The van der Waals surface area contributed by atoms with Crippen LogP contribution in [0, 0.1) is 0 Å². The molecule has 1 atom stereocenters. The predicted molar refractivity (Wildman–Crippen MR) is 344 cm³/mol. The third-order valence-corrected chi connectivity index (χ3v) is 15.8. The number of hydrogen-bond donors (Lipinski definition) is 0. The van der Waals surface area contributed by atoms with E-state index in [1.54, 1.807) is 0 Å². The SMILES string of the molecule is CCCCCCC/C=C\C/C=C\C/C=C\CCCCCCCCCCC(=O)OCC(COC(=O)CCCCCCCCCCCCCCCCCCCCC)OC(=O)CCCCCCCCCCC/C=C\CCCCCCCC. The van der Waals surface area contributed by atoms with Gasteiger partial charge in [-0.05, 0) is 83.5 Å². The molecule has 1 unspecified atom stereocenters. The standard InChI is InChI=1S/C73H134O6/c1-4-7-10-13-16-19-22-25-28-31-34-35-36-37-40-42-45-48-51-54-57-60-63-66-72(75)78-69-70(79-73(76)67-64-61-58-55-52-49-46-43-39-33-30-27-24-21-18-15-12-9-6-3)68-77-71(74)65-62-59-56-53-50-47-44-41-38-32-29-26-23-20-17-14-11-8-5-2/h22,25,27,30-31,34,36-37,70H,4-21,23-24,26,28-29,32-33,35,38-69H2,1-3H3/b25-22-,30-27-,34-31-,37-36-. The van der Waals surface area contributed by atoms with E-state index in [1.165, 1.54) is 263 Å². The van der Waals surface area contributed by atoms with E-state index < -0.39 is 6.10 Å². The summed E-state index contributed by atoms with van der Waals surface area (Å²) in [6.45, 7) is 6.69. The van der Waals surface area contributed by atoms with Crippen LogP contribution in [-0.2, 0) is 28.6 Å². The second kappa shape index (κ2) is 67.9. The van der Waals surface area contributed by atoms with Gasteiger partial charge >= 0.3 is 17.9 Å². The molecule has 0 aliphatic rings. The highest BCUT2D eigenvalue weighted by molar-refractivity contribution is 5.71. The summed E-state index contributed by atoms with van der Waals surface area (Å²) in [6, 6.07) is 0. The van der Waals surface area contributed by atoms with Crippen LogP contribution in [0.3, 0.4) is 0 Å². The third kappa shape index (κ3) is 66.1. The first-order valence-corrected chi connectivity index (χ1v) is 35.1. The van der Waals surface area contributed by atoms with E-state index >= 15 is 0 Å². The van der Waals surface area contributed by atoms with Crippen molar-refractivity contribution in [3.8, 4) is 0 Å². The van der Waals surface area contributed by atoms with Gasteiger partial charge in [-0.3, -0.25) is 14.4 Å². The Hall–Kier alpha value is -2.63. The van der Waals surface area contributed by atoms with Crippen LogP contribution < -0.4 is 0 Å². The number of unbranched alkanes of at least 4 members (excludes halogenated alkanes) is 46. The van der Waals surface area contributed by atoms with Crippen LogP contribution in [0.2, 0.25) is 0 Å². The average Bonchev–Trinajstić information content (AvgIpc) is 3.45. The Morgan fingerprint density at radius 3 is 0.722 bits per heavy atom. The van der Waals surface area contributed by atoms with Crippen molar-refractivity contribution in [3.63, 3.8) is 0 Å². The molecule has 6 heteroatoms. The van der Waals surface area contributed by atoms with Gasteiger partial charge in [0.15, 0.2) is 6.10 Å². The van der Waals surface area contributed by atoms with Crippen LogP contribution in [0.15, 0.2) is 48.6 Å². The average molecular weight is 1110 g/mol. The molecule has 0 rings (SSSR count). The third-order valence-electron chi connectivity index (χ3n) is 15.8. The lowest BCUT2D eigenvalue weighted by atomic mass is 10.0. The minimum absolute atomic E-state index is 0.0719. The van der Waals surface area contributed by atoms with E-state index in [9.17, 15) is 14.4 Å². The lowest BCUT2D eigenvalue weighted by molar-refractivity contribution is -0.167. The van der Waals surface area contributed by atoms with Crippen LogP contribution in [-0.4, -0.2) is 37.2 Å². The number of rotatable bonds is 65. The summed E-state index contributed by atoms with van der Waals surface area (Å²) in [6.07, 6.45) is 85.5. The molecule has 6 nitrogen and oxygen atoms in total. The summed E-state index contributed by atoms with van der Waals surface area (Å²) in [4.78, 5) is 38.5. The Labute approximate surface area is 492 Å². The van der Waals surface area contributed by atoms with Crippen molar-refractivity contribution in [3.05, 3.63) is 48.6 Å². The van der Waals surface area contributed by atoms with Gasteiger partial charge in [0.25, 0.3) is 0 Å². The highest BCUT2D eigenvalue weighted by atomic mass is 16.6. The number of esters is 3. The Morgan fingerprint density at radius 1 is 0.253 bits per heavy atom. The minimum Gasteiger partial charge on any atom is -0.462 e. The summed E-state index contributed by atoms with van der Waals surface area (Å²) >= 11 is 0. The normalized spacial score (nSPS) is 12.3. The molecule has 0 aromatic heterocycles. The van der Waals surface area contributed by atoms with Crippen LogP contribution >= 0.6 is 0 Å². The minimum atomic E-state index is -0.777. The summed E-state index contributed by atoms with van der Waals surface area (Å²) in [5.41, 5.74) is 0. The zero-order valence-corrected chi connectivity index (χ0v) is 53.2.